The lowest BCUT2D eigenvalue weighted by atomic mass is 10.2. The highest BCUT2D eigenvalue weighted by Gasteiger charge is 2.13. The molecule has 0 amide bonds. The van der Waals surface area contributed by atoms with Gasteiger partial charge in [0, 0.05) is 25.0 Å². The number of aromatic nitrogens is 2. The maximum atomic E-state index is 10.8. The van der Waals surface area contributed by atoms with Crippen LogP contribution in [0.3, 0.4) is 0 Å². The van der Waals surface area contributed by atoms with E-state index < -0.39 is 5.97 Å². The molecule has 0 fully saturated rings. The summed E-state index contributed by atoms with van der Waals surface area (Å²) in [5, 5.41) is 20.4. The summed E-state index contributed by atoms with van der Waals surface area (Å²) in [5.74, 6) is -0.896. The Morgan fingerprint density at radius 1 is 1.53 bits per heavy atom. The molecule has 1 aromatic rings. The molecule has 3 N–H and O–H groups in total. The molecule has 15 heavy (non-hydrogen) atoms. The molecule has 6 heteroatoms. The van der Waals surface area contributed by atoms with Crippen LogP contribution in [0.2, 0.25) is 0 Å². The van der Waals surface area contributed by atoms with Crippen molar-refractivity contribution in [1.82, 2.24) is 9.97 Å². The molecule has 0 aliphatic rings. The summed E-state index contributed by atoms with van der Waals surface area (Å²) in [6.07, 6.45) is 3.27. The molecule has 1 heterocycles. The van der Waals surface area contributed by atoms with Crippen LogP contribution in [0.4, 0.5) is 5.82 Å². The third kappa shape index (κ3) is 3.17. The lowest BCUT2D eigenvalue weighted by molar-refractivity contribution is 0.0691. The number of anilines is 1. The van der Waals surface area contributed by atoms with Gasteiger partial charge in [-0.1, -0.05) is 0 Å². The van der Waals surface area contributed by atoms with Gasteiger partial charge in [0.05, 0.1) is 0 Å². The molecular formula is C9H13N3O3. The third-order valence-corrected chi connectivity index (χ3v) is 1.85. The topological polar surface area (TPSA) is 95.3 Å². The second-order valence-electron chi connectivity index (χ2n) is 3.12. The van der Waals surface area contributed by atoms with Crippen LogP contribution in [0.25, 0.3) is 0 Å². The van der Waals surface area contributed by atoms with Gasteiger partial charge in [0.2, 0.25) is 0 Å². The van der Waals surface area contributed by atoms with Crippen LogP contribution in [-0.4, -0.2) is 38.8 Å². The zero-order valence-corrected chi connectivity index (χ0v) is 8.34. The van der Waals surface area contributed by atoms with Crippen LogP contribution < -0.4 is 5.32 Å². The molecular weight excluding hydrogens is 198 g/mol. The lowest BCUT2D eigenvalue weighted by Gasteiger charge is -2.13. The Balaban J connectivity index is 2.79. The molecule has 0 saturated carbocycles. The highest BCUT2D eigenvalue weighted by Crippen LogP contribution is 2.10. The molecule has 82 valence electrons. The Kier molecular flexibility index (Phi) is 3.99. The first-order valence-electron chi connectivity index (χ1n) is 4.57. The average molecular weight is 211 g/mol. The predicted molar refractivity (Wildman–Crippen MR) is 53.8 cm³/mol. The molecule has 0 saturated heterocycles. The molecule has 1 aromatic heterocycles. The summed E-state index contributed by atoms with van der Waals surface area (Å²) in [7, 11) is 0. The Morgan fingerprint density at radius 3 is 2.80 bits per heavy atom. The van der Waals surface area contributed by atoms with Crippen molar-refractivity contribution in [2.45, 2.75) is 19.4 Å². The number of aliphatic hydroxyl groups is 1. The highest BCUT2D eigenvalue weighted by atomic mass is 16.4. The van der Waals surface area contributed by atoms with Gasteiger partial charge >= 0.3 is 5.97 Å². The van der Waals surface area contributed by atoms with Gasteiger partial charge in [-0.25, -0.2) is 14.8 Å². The van der Waals surface area contributed by atoms with E-state index in [9.17, 15) is 4.79 Å². The number of rotatable bonds is 5. The maximum absolute atomic E-state index is 10.8. The summed E-state index contributed by atoms with van der Waals surface area (Å²) >= 11 is 0. The van der Waals surface area contributed by atoms with Crippen molar-refractivity contribution in [3.05, 3.63) is 18.1 Å². The maximum Gasteiger partial charge on any atom is 0.358 e. The van der Waals surface area contributed by atoms with E-state index >= 15 is 0 Å². The van der Waals surface area contributed by atoms with Gasteiger partial charge in [0.1, 0.15) is 0 Å². The van der Waals surface area contributed by atoms with Crippen molar-refractivity contribution in [3.8, 4) is 0 Å². The number of carboxylic acids is 1. The Hall–Kier alpha value is -1.69. The fraction of sp³-hybridized carbons (Fsp3) is 0.444. The third-order valence-electron chi connectivity index (χ3n) is 1.85. The minimum absolute atomic E-state index is 0.0385. The fourth-order valence-corrected chi connectivity index (χ4v) is 1.10. The first-order chi connectivity index (χ1) is 7.15. The van der Waals surface area contributed by atoms with Crippen LogP contribution in [-0.2, 0) is 0 Å². The first-order valence-corrected chi connectivity index (χ1v) is 4.57. The second-order valence-corrected chi connectivity index (χ2v) is 3.12. The highest BCUT2D eigenvalue weighted by molar-refractivity contribution is 5.90. The van der Waals surface area contributed by atoms with E-state index in [1.165, 1.54) is 12.4 Å². The van der Waals surface area contributed by atoms with Crippen molar-refractivity contribution in [3.63, 3.8) is 0 Å². The number of hydrogen-bond acceptors (Lipinski definition) is 5. The van der Waals surface area contributed by atoms with E-state index in [-0.39, 0.29) is 24.2 Å². The smallest absolute Gasteiger partial charge is 0.358 e. The number of carboxylic acid groups (broad SMARTS) is 1. The van der Waals surface area contributed by atoms with Crippen LogP contribution in [0.5, 0.6) is 0 Å². The monoisotopic (exact) mass is 211 g/mol. The molecule has 0 spiro atoms. The van der Waals surface area contributed by atoms with Gasteiger partial charge in [0.25, 0.3) is 0 Å². The zero-order chi connectivity index (χ0) is 11.3. The number of hydrogen-bond donors (Lipinski definition) is 3. The quantitative estimate of drug-likeness (QED) is 0.650. The Morgan fingerprint density at radius 2 is 2.20 bits per heavy atom. The number of aliphatic hydroxyl groups excluding tert-OH is 1. The summed E-state index contributed by atoms with van der Waals surface area (Å²) in [6, 6.07) is -0.0511. The van der Waals surface area contributed by atoms with Gasteiger partial charge < -0.3 is 15.5 Å². The lowest BCUT2D eigenvalue weighted by Crippen LogP contribution is -2.20. The van der Waals surface area contributed by atoms with Crippen LogP contribution >= 0.6 is 0 Å². The molecule has 0 bridgehead atoms. The van der Waals surface area contributed by atoms with Gasteiger partial charge in [0.15, 0.2) is 11.5 Å². The summed E-state index contributed by atoms with van der Waals surface area (Å²) < 4.78 is 0. The van der Waals surface area contributed by atoms with Crippen LogP contribution in [0, 0.1) is 0 Å². The standard InChI is InChI=1S/C9H13N3O3/c1-6(2-5-13)12-8-7(9(14)15)10-3-4-11-8/h3-4,6,13H,2,5H2,1H3,(H,11,12)(H,14,15). The molecule has 0 aliphatic carbocycles. The Bertz CT molecular complexity index is 343. The average Bonchev–Trinajstić information content (AvgIpc) is 2.18. The van der Waals surface area contributed by atoms with Crippen molar-refractivity contribution >= 4 is 11.8 Å². The van der Waals surface area contributed by atoms with Gasteiger partial charge in [-0.15, -0.1) is 0 Å². The van der Waals surface area contributed by atoms with Crippen molar-refractivity contribution < 1.29 is 15.0 Å². The molecule has 0 aliphatic heterocycles. The summed E-state index contributed by atoms with van der Waals surface area (Å²) in [6.45, 7) is 1.87. The fourth-order valence-electron chi connectivity index (χ4n) is 1.10. The normalized spacial score (nSPS) is 12.1. The van der Waals surface area contributed by atoms with Crippen molar-refractivity contribution in [2.24, 2.45) is 0 Å². The van der Waals surface area contributed by atoms with Gasteiger partial charge in [-0.2, -0.15) is 0 Å². The predicted octanol–water partition coefficient (Wildman–Crippen LogP) is 0.358. The summed E-state index contributed by atoms with van der Waals surface area (Å²) in [4.78, 5) is 18.4. The first kappa shape index (κ1) is 11.4. The molecule has 1 unspecified atom stereocenters. The van der Waals surface area contributed by atoms with Gasteiger partial charge in [-0.3, -0.25) is 0 Å². The zero-order valence-electron chi connectivity index (χ0n) is 8.34. The number of aromatic carboxylic acids is 1. The minimum Gasteiger partial charge on any atom is -0.476 e. The molecule has 0 aromatic carbocycles. The second kappa shape index (κ2) is 5.26. The van der Waals surface area contributed by atoms with E-state index in [1.54, 1.807) is 0 Å². The van der Waals surface area contributed by atoms with Crippen LogP contribution in [0.1, 0.15) is 23.8 Å². The van der Waals surface area contributed by atoms with Crippen molar-refractivity contribution in [1.29, 1.82) is 0 Å². The SMILES string of the molecule is CC(CCO)Nc1nccnc1C(=O)O. The number of carbonyl (C=O) groups is 1. The Labute approximate surface area is 87.0 Å². The van der Waals surface area contributed by atoms with E-state index in [4.69, 9.17) is 10.2 Å². The number of nitrogens with zero attached hydrogens (tertiary/aromatic N) is 2. The van der Waals surface area contributed by atoms with Gasteiger partial charge in [-0.05, 0) is 13.3 Å². The van der Waals surface area contributed by atoms with E-state index in [0.717, 1.165) is 0 Å². The molecule has 1 atom stereocenters. The van der Waals surface area contributed by atoms with E-state index in [2.05, 4.69) is 15.3 Å². The largest absolute Gasteiger partial charge is 0.476 e. The molecule has 0 radical (unpaired) electrons. The summed E-state index contributed by atoms with van der Waals surface area (Å²) in [5.41, 5.74) is -0.109. The van der Waals surface area contributed by atoms with Crippen LogP contribution in [0.15, 0.2) is 12.4 Å². The number of nitrogens with one attached hydrogen (secondary N) is 1. The van der Waals surface area contributed by atoms with E-state index in [1.807, 2.05) is 6.92 Å². The molecule has 1 rings (SSSR count). The van der Waals surface area contributed by atoms with E-state index in [0.29, 0.717) is 6.42 Å². The van der Waals surface area contributed by atoms with Crippen molar-refractivity contribution in [2.75, 3.05) is 11.9 Å². The minimum atomic E-state index is -1.12. The molecule has 6 nitrogen and oxygen atoms in total.